The largest absolute Gasteiger partial charge is 0.478 e. The molecule has 0 bridgehead atoms. The molecule has 0 fully saturated rings. The van der Waals surface area contributed by atoms with Gasteiger partial charge in [0.1, 0.15) is 11.6 Å². The van der Waals surface area contributed by atoms with Gasteiger partial charge in [0.25, 0.3) is 5.91 Å². The quantitative estimate of drug-likeness (QED) is 0.806. The second-order valence-electron chi connectivity index (χ2n) is 5.39. The van der Waals surface area contributed by atoms with Gasteiger partial charge in [0.05, 0.1) is 0 Å². The van der Waals surface area contributed by atoms with Gasteiger partial charge in [-0.2, -0.15) is 0 Å². The SMILES string of the molecule is CC(CCO)CNC(=O)C(C)(C)Oc1ccc(F)cc1. The summed E-state index contributed by atoms with van der Waals surface area (Å²) in [5.74, 6) is 0.0459. The van der Waals surface area contributed by atoms with Gasteiger partial charge in [-0.25, -0.2) is 4.39 Å². The summed E-state index contributed by atoms with van der Waals surface area (Å²) < 4.78 is 18.4. The van der Waals surface area contributed by atoms with Crippen LogP contribution in [0.1, 0.15) is 27.2 Å². The van der Waals surface area contributed by atoms with Crippen molar-refractivity contribution in [3.8, 4) is 5.75 Å². The van der Waals surface area contributed by atoms with Crippen LogP contribution in [0.2, 0.25) is 0 Å². The van der Waals surface area contributed by atoms with Gasteiger partial charge in [-0.1, -0.05) is 6.92 Å². The third-order valence-corrected chi connectivity index (χ3v) is 2.97. The third kappa shape index (κ3) is 5.17. The van der Waals surface area contributed by atoms with Crippen molar-refractivity contribution in [3.05, 3.63) is 30.1 Å². The molecule has 1 atom stereocenters. The molecule has 0 heterocycles. The Bertz CT molecular complexity index is 431. The van der Waals surface area contributed by atoms with E-state index >= 15 is 0 Å². The number of rotatable bonds is 7. The molecule has 1 amide bonds. The second kappa shape index (κ2) is 7.24. The zero-order chi connectivity index (χ0) is 15.2. The highest BCUT2D eigenvalue weighted by Crippen LogP contribution is 2.19. The summed E-state index contributed by atoms with van der Waals surface area (Å²) in [6, 6.07) is 5.54. The van der Waals surface area contributed by atoms with Crippen molar-refractivity contribution in [3.63, 3.8) is 0 Å². The Morgan fingerprint density at radius 3 is 2.55 bits per heavy atom. The van der Waals surface area contributed by atoms with Crippen molar-refractivity contribution < 1.29 is 19.0 Å². The second-order valence-corrected chi connectivity index (χ2v) is 5.39. The molecule has 0 radical (unpaired) electrons. The van der Waals surface area contributed by atoms with Crippen LogP contribution < -0.4 is 10.1 Å². The smallest absolute Gasteiger partial charge is 0.263 e. The van der Waals surface area contributed by atoms with Crippen LogP contribution in [0.4, 0.5) is 4.39 Å². The lowest BCUT2D eigenvalue weighted by molar-refractivity contribution is -0.134. The van der Waals surface area contributed by atoms with Crippen molar-refractivity contribution in [2.75, 3.05) is 13.2 Å². The maximum atomic E-state index is 12.8. The van der Waals surface area contributed by atoms with E-state index in [1.165, 1.54) is 24.3 Å². The first-order chi connectivity index (χ1) is 9.35. The molecule has 112 valence electrons. The number of carbonyl (C=O) groups excluding carboxylic acids is 1. The van der Waals surface area contributed by atoms with Crippen LogP contribution in [-0.2, 0) is 4.79 Å². The van der Waals surface area contributed by atoms with Crippen LogP contribution in [0.5, 0.6) is 5.75 Å². The molecule has 0 aliphatic rings. The van der Waals surface area contributed by atoms with Crippen LogP contribution in [0, 0.1) is 11.7 Å². The van der Waals surface area contributed by atoms with Gasteiger partial charge in [-0.15, -0.1) is 0 Å². The van der Waals surface area contributed by atoms with Gasteiger partial charge in [0, 0.05) is 13.2 Å². The number of hydrogen-bond donors (Lipinski definition) is 2. The summed E-state index contributed by atoms with van der Waals surface area (Å²) in [5, 5.41) is 11.6. The number of hydrogen-bond acceptors (Lipinski definition) is 3. The first-order valence-electron chi connectivity index (χ1n) is 6.69. The minimum Gasteiger partial charge on any atom is -0.478 e. The highest BCUT2D eigenvalue weighted by molar-refractivity contribution is 5.84. The Hall–Kier alpha value is -1.62. The Morgan fingerprint density at radius 2 is 2.00 bits per heavy atom. The molecule has 0 aliphatic carbocycles. The van der Waals surface area contributed by atoms with Crippen LogP contribution in [0.15, 0.2) is 24.3 Å². The summed E-state index contributed by atoms with van der Waals surface area (Å²) in [4.78, 5) is 12.1. The number of nitrogens with one attached hydrogen (secondary N) is 1. The van der Waals surface area contributed by atoms with E-state index in [-0.39, 0.29) is 24.2 Å². The number of amides is 1. The molecule has 0 aliphatic heterocycles. The number of aliphatic hydroxyl groups is 1. The van der Waals surface area contributed by atoms with Crippen molar-refractivity contribution >= 4 is 5.91 Å². The van der Waals surface area contributed by atoms with E-state index in [0.29, 0.717) is 18.7 Å². The zero-order valence-corrected chi connectivity index (χ0v) is 12.1. The molecule has 1 unspecified atom stereocenters. The van der Waals surface area contributed by atoms with E-state index in [0.717, 1.165) is 0 Å². The van der Waals surface area contributed by atoms with E-state index in [1.54, 1.807) is 13.8 Å². The molecule has 1 aromatic rings. The average Bonchev–Trinajstić information content (AvgIpc) is 2.38. The third-order valence-electron chi connectivity index (χ3n) is 2.97. The van der Waals surface area contributed by atoms with Gasteiger partial charge < -0.3 is 15.2 Å². The van der Waals surface area contributed by atoms with E-state index in [4.69, 9.17) is 9.84 Å². The molecule has 0 saturated carbocycles. The van der Waals surface area contributed by atoms with Crippen molar-refractivity contribution in [1.29, 1.82) is 0 Å². The molecule has 2 N–H and O–H groups in total. The van der Waals surface area contributed by atoms with E-state index in [1.807, 2.05) is 6.92 Å². The molecule has 0 aromatic heterocycles. The van der Waals surface area contributed by atoms with E-state index < -0.39 is 5.60 Å². The van der Waals surface area contributed by atoms with Crippen molar-refractivity contribution in [2.24, 2.45) is 5.92 Å². The van der Waals surface area contributed by atoms with Crippen molar-refractivity contribution in [1.82, 2.24) is 5.32 Å². The fraction of sp³-hybridized carbons (Fsp3) is 0.533. The van der Waals surface area contributed by atoms with Gasteiger partial charge in [-0.3, -0.25) is 4.79 Å². The van der Waals surface area contributed by atoms with E-state index in [9.17, 15) is 9.18 Å². The monoisotopic (exact) mass is 283 g/mol. The molecule has 4 nitrogen and oxygen atoms in total. The molecular weight excluding hydrogens is 261 g/mol. The molecule has 5 heteroatoms. The number of benzene rings is 1. The Morgan fingerprint density at radius 1 is 1.40 bits per heavy atom. The first kappa shape index (κ1) is 16.4. The molecule has 1 rings (SSSR count). The number of aliphatic hydroxyl groups excluding tert-OH is 1. The number of halogens is 1. The normalized spacial score (nSPS) is 12.8. The molecule has 20 heavy (non-hydrogen) atoms. The maximum Gasteiger partial charge on any atom is 0.263 e. The Kier molecular flexibility index (Phi) is 5.95. The Labute approximate surface area is 119 Å². The predicted octanol–water partition coefficient (Wildman–Crippen LogP) is 2.12. The van der Waals surface area contributed by atoms with Crippen LogP contribution in [-0.4, -0.2) is 29.8 Å². The maximum absolute atomic E-state index is 12.8. The lowest BCUT2D eigenvalue weighted by Gasteiger charge is -2.26. The molecule has 1 aromatic carbocycles. The summed E-state index contributed by atoms with van der Waals surface area (Å²) in [7, 11) is 0. The lowest BCUT2D eigenvalue weighted by Crippen LogP contribution is -2.47. The topological polar surface area (TPSA) is 58.6 Å². The minimum absolute atomic E-state index is 0.104. The molecular formula is C15H22FNO3. The summed E-state index contributed by atoms with van der Waals surface area (Å²) in [6.07, 6.45) is 0.638. The molecule has 0 spiro atoms. The fourth-order valence-corrected chi connectivity index (χ4v) is 1.65. The summed E-state index contributed by atoms with van der Waals surface area (Å²) in [5.41, 5.74) is -1.04. The fourth-order valence-electron chi connectivity index (χ4n) is 1.65. The minimum atomic E-state index is -1.04. The van der Waals surface area contributed by atoms with Gasteiger partial charge in [0.15, 0.2) is 5.60 Å². The predicted molar refractivity (Wildman–Crippen MR) is 75.0 cm³/mol. The van der Waals surface area contributed by atoms with Crippen LogP contribution in [0.25, 0.3) is 0 Å². The van der Waals surface area contributed by atoms with Crippen LogP contribution in [0.3, 0.4) is 0 Å². The zero-order valence-electron chi connectivity index (χ0n) is 12.1. The summed E-state index contributed by atoms with van der Waals surface area (Å²) >= 11 is 0. The highest BCUT2D eigenvalue weighted by Gasteiger charge is 2.29. The number of carbonyl (C=O) groups is 1. The van der Waals surface area contributed by atoms with Gasteiger partial charge in [0.2, 0.25) is 0 Å². The summed E-state index contributed by atoms with van der Waals surface area (Å²) in [6.45, 7) is 5.84. The van der Waals surface area contributed by atoms with Gasteiger partial charge >= 0.3 is 0 Å². The Balaban J connectivity index is 2.54. The average molecular weight is 283 g/mol. The van der Waals surface area contributed by atoms with Gasteiger partial charge in [-0.05, 0) is 50.5 Å². The highest BCUT2D eigenvalue weighted by atomic mass is 19.1. The standard InChI is InChI=1S/C15H22FNO3/c1-11(8-9-18)10-17-14(19)15(2,3)20-13-6-4-12(16)5-7-13/h4-7,11,18H,8-10H2,1-3H3,(H,17,19). The van der Waals surface area contributed by atoms with Crippen LogP contribution >= 0.6 is 0 Å². The van der Waals surface area contributed by atoms with E-state index in [2.05, 4.69) is 5.32 Å². The molecule has 0 saturated heterocycles. The first-order valence-corrected chi connectivity index (χ1v) is 6.69. The number of ether oxygens (including phenoxy) is 1. The van der Waals surface area contributed by atoms with Crippen molar-refractivity contribution in [2.45, 2.75) is 32.8 Å². The lowest BCUT2D eigenvalue weighted by atomic mass is 10.1.